The predicted molar refractivity (Wildman–Crippen MR) is 95.5 cm³/mol. The van der Waals surface area contributed by atoms with Crippen LogP contribution in [0.25, 0.3) is 0 Å². The first-order valence-electron chi connectivity index (χ1n) is 9.40. The number of fused-ring (bicyclic) bond motifs is 2. The second kappa shape index (κ2) is 7.37. The number of aliphatic hydroxyl groups is 2. The lowest BCUT2D eigenvalue weighted by Gasteiger charge is -2.32. The van der Waals surface area contributed by atoms with Crippen molar-refractivity contribution in [3.05, 3.63) is 23.8 Å². The summed E-state index contributed by atoms with van der Waals surface area (Å²) in [7, 11) is 0. The van der Waals surface area contributed by atoms with E-state index in [0.29, 0.717) is 18.4 Å². The van der Waals surface area contributed by atoms with Gasteiger partial charge in [0.05, 0.1) is 23.7 Å². The Bertz CT molecular complexity index is 669. The number of esters is 2. The first-order valence-corrected chi connectivity index (χ1v) is 9.40. The molecule has 0 aromatic heterocycles. The van der Waals surface area contributed by atoms with E-state index in [0.717, 1.165) is 0 Å². The Balaban J connectivity index is 1.93. The van der Waals surface area contributed by atoms with Gasteiger partial charge in [0.15, 0.2) is 0 Å². The van der Waals surface area contributed by atoms with Crippen molar-refractivity contribution in [2.45, 2.75) is 70.1 Å². The zero-order valence-electron chi connectivity index (χ0n) is 16.0. The lowest BCUT2D eigenvalue weighted by atomic mass is 9.78. The van der Waals surface area contributed by atoms with Crippen LogP contribution >= 0.6 is 0 Å². The minimum atomic E-state index is -0.764. The van der Waals surface area contributed by atoms with Crippen LogP contribution in [0.3, 0.4) is 0 Å². The average molecular weight is 380 g/mol. The van der Waals surface area contributed by atoms with Gasteiger partial charge in [0.1, 0.15) is 12.2 Å². The Morgan fingerprint density at radius 2 is 2.15 bits per heavy atom. The molecule has 7 heteroatoms. The topological polar surface area (TPSA) is 106 Å². The molecule has 7 atom stereocenters. The molecule has 3 fully saturated rings. The van der Waals surface area contributed by atoms with Crippen LogP contribution in [0.5, 0.6) is 0 Å². The van der Waals surface area contributed by atoms with E-state index in [2.05, 4.69) is 6.58 Å². The molecule has 0 aromatic rings. The van der Waals surface area contributed by atoms with Crippen LogP contribution in [0.4, 0.5) is 0 Å². The Kier molecular flexibility index (Phi) is 5.47. The minimum absolute atomic E-state index is 0.187. The molecule has 0 bridgehead atoms. The van der Waals surface area contributed by atoms with Crippen molar-refractivity contribution < 1.29 is 34.0 Å². The highest BCUT2D eigenvalue weighted by atomic mass is 16.6. The number of carbonyl (C=O) groups excluding carboxylic acids is 2. The van der Waals surface area contributed by atoms with E-state index in [9.17, 15) is 19.8 Å². The largest absolute Gasteiger partial charge is 0.458 e. The summed E-state index contributed by atoms with van der Waals surface area (Å²) < 4.78 is 17.0. The van der Waals surface area contributed by atoms with Gasteiger partial charge >= 0.3 is 11.9 Å². The summed E-state index contributed by atoms with van der Waals surface area (Å²) in [6.45, 7) is 8.94. The molecule has 0 spiro atoms. The predicted octanol–water partition coefficient (Wildman–Crippen LogP) is 1.27. The van der Waals surface area contributed by atoms with Crippen molar-refractivity contribution >= 4 is 11.9 Å². The summed E-state index contributed by atoms with van der Waals surface area (Å²) in [5, 5.41) is 20.2. The molecule has 3 rings (SSSR count). The maximum Gasteiger partial charge on any atom is 0.334 e. The fraction of sp³-hybridized carbons (Fsp3) is 0.700. The molecule has 1 aliphatic carbocycles. The first-order chi connectivity index (χ1) is 12.7. The fourth-order valence-corrected chi connectivity index (χ4v) is 4.13. The molecule has 0 unspecified atom stereocenters. The Hall–Kier alpha value is -1.70. The van der Waals surface area contributed by atoms with Crippen LogP contribution in [-0.2, 0) is 23.8 Å². The Labute approximate surface area is 159 Å². The summed E-state index contributed by atoms with van der Waals surface area (Å²) >= 11 is 0. The minimum Gasteiger partial charge on any atom is -0.458 e. The third-order valence-electron chi connectivity index (χ3n) is 6.15. The van der Waals surface area contributed by atoms with Gasteiger partial charge in [-0.3, -0.25) is 0 Å². The normalized spacial score (nSPS) is 42.0. The molecule has 0 aromatic carbocycles. The van der Waals surface area contributed by atoms with Crippen molar-refractivity contribution in [2.24, 2.45) is 11.8 Å². The van der Waals surface area contributed by atoms with Gasteiger partial charge in [-0.1, -0.05) is 12.7 Å². The van der Waals surface area contributed by atoms with E-state index >= 15 is 0 Å². The van der Waals surface area contributed by atoms with E-state index in [1.54, 1.807) is 19.9 Å². The number of allylic oxidation sites excluding steroid dienone is 1. The number of hydrogen-bond donors (Lipinski definition) is 2. The summed E-state index contributed by atoms with van der Waals surface area (Å²) in [6.07, 6.45) is 0.499. The maximum absolute atomic E-state index is 12.4. The van der Waals surface area contributed by atoms with Gasteiger partial charge in [-0.25, -0.2) is 9.59 Å². The molecule has 7 nitrogen and oxygen atoms in total. The second-order valence-electron chi connectivity index (χ2n) is 8.01. The van der Waals surface area contributed by atoms with Crippen LogP contribution in [0.2, 0.25) is 0 Å². The van der Waals surface area contributed by atoms with E-state index in [-0.39, 0.29) is 24.7 Å². The lowest BCUT2D eigenvalue weighted by Crippen LogP contribution is -2.41. The molecule has 3 aliphatic rings. The summed E-state index contributed by atoms with van der Waals surface area (Å²) in [5.74, 6) is -1.98. The van der Waals surface area contributed by atoms with Crippen molar-refractivity contribution in [3.8, 4) is 0 Å². The molecule has 0 amide bonds. The van der Waals surface area contributed by atoms with Crippen molar-refractivity contribution in [1.29, 1.82) is 0 Å². The maximum atomic E-state index is 12.4. The molecular weight excluding hydrogens is 352 g/mol. The number of aliphatic hydroxyl groups excluding tert-OH is 2. The van der Waals surface area contributed by atoms with E-state index < -0.39 is 47.7 Å². The van der Waals surface area contributed by atoms with Crippen LogP contribution in [-0.4, -0.2) is 58.8 Å². The van der Waals surface area contributed by atoms with E-state index in [1.807, 2.05) is 6.92 Å². The van der Waals surface area contributed by atoms with Gasteiger partial charge < -0.3 is 24.4 Å². The van der Waals surface area contributed by atoms with Gasteiger partial charge in [0, 0.05) is 36.5 Å². The Morgan fingerprint density at radius 3 is 2.78 bits per heavy atom. The van der Waals surface area contributed by atoms with Gasteiger partial charge in [0.2, 0.25) is 0 Å². The lowest BCUT2D eigenvalue weighted by molar-refractivity contribution is -0.150. The smallest absolute Gasteiger partial charge is 0.334 e. The molecule has 2 heterocycles. The first kappa shape index (κ1) is 20.0. The van der Waals surface area contributed by atoms with Gasteiger partial charge in [-0.15, -0.1) is 0 Å². The van der Waals surface area contributed by atoms with Gasteiger partial charge in [0.25, 0.3) is 0 Å². The quantitative estimate of drug-likeness (QED) is 0.431. The second-order valence-corrected chi connectivity index (χ2v) is 8.01. The van der Waals surface area contributed by atoms with Crippen LogP contribution in [0.15, 0.2) is 23.8 Å². The van der Waals surface area contributed by atoms with Crippen LogP contribution < -0.4 is 0 Å². The zero-order chi connectivity index (χ0) is 19.9. The SMILES string of the molecule is C=C1C(=O)O[C@@H]2C[C@H](CO)[C@@H](O)C[C@H]3O[C@@]3(C)C[C@@H](OC(=O)/C(C)=C\C)[C@@H]12. The number of ether oxygens (including phenoxy) is 3. The third kappa shape index (κ3) is 3.81. The average Bonchev–Trinajstić information content (AvgIpc) is 3.15. The molecule has 2 aliphatic heterocycles. The van der Waals surface area contributed by atoms with Crippen molar-refractivity contribution in [1.82, 2.24) is 0 Å². The molecule has 27 heavy (non-hydrogen) atoms. The summed E-state index contributed by atoms with van der Waals surface area (Å²) in [4.78, 5) is 24.6. The van der Waals surface area contributed by atoms with E-state index in [1.165, 1.54) is 0 Å². The number of carbonyl (C=O) groups is 2. The van der Waals surface area contributed by atoms with Crippen LogP contribution in [0, 0.1) is 11.8 Å². The highest BCUT2D eigenvalue weighted by Crippen LogP contribution is 2.48. The standard InChI is InChI=1S/C20H28O7/c1-5-10(2)18(23)26-15-8-20(4)16(27-20)7-13(22)12(9-21)6-14-17(15)11(3)19(24)25-14/h5,12-17,21-22H,3,6-9H2,1-2,4H3/b10-5-/t12-,13+,14-,15-,16-,17+,20+/m1/s1. The highest BCUT2D eigenvalue weighted by Gasteiger charge is 2.58. The number of rotatable bonds is 3. The molecule has 1 saturated carbocycles. The third-order valence-corrected chi connectivity index (χ3v) is 6.15. The Morgan fingerprint density at radius 1 is 1.44 bits per heavy atom. The fourth-order valence-electron chi connectivity index (χ4n) is 4.13. The molecule has 2 saturated heterocycles. The zero-order valence-corrected chi connectivity index (χ0v) is 16.0. The molecule has 0 radical (unpaired) electrons. The molecule has 2 N–H and O–H groups in total. The monoisotopic (exact) mass is 380 g/mol. The van der Waals surface area contributed by atoms with Crippen molar-refractivity contribution in [2.75, 3.05) is 6.61 Å². The summed E-state index contributed by atoms with van der Waals surface area (Å²) in [6, 6.07) is 0. The van der Waals surface area contributed by atoms with Gasteiger partial charge in [-0.2, -0.15) is 0 Å². The van der Waals surface area contributed by atoms with Crippen molar-refractivity contribution in [3.63, 3.8) is 0 Å². The highest BCUT2D eigenvalue weighted by molar-refractivity contribution is 5.91. The number of epoxide rings is 1. The number of hydrogen-bond acceptors (Lipinski definition) is 7. The van der Waals surface area contributed by atoms with Crippen LogP contribution in [0.1, 0.15) is 40.0 Å². The van der Waals surface area contributed by atoms with E-state index in [4.69, 9.17) is 14.2 Å². The van der Waals surface area contributed by atoms with Gasteiger partial charge in [-0.05, 0) is 27.2 Å². The molecule has 150 valence electrons. The summed E-state index contributed by atoms with van der Waals surface area (Å²) in [5.41, 5.74) is 0.161. The molecular formula is C20H28O7.